The van der Waals surface area contributed by atoms with Gasteiger partial charge in [0.1, 0.15) is 16.5 Å². The van der Waals surface area contributed by atoms with Gasteiger partial charge in [0.15, 0.2) is 0 Å². The number of nitrogens with zero attached hydrogens (tertiary/aromatic N) is 2. The molecule has 0 fully saturated rings. The molecule has 0 unspecified atom stereocenters. The highest BCUT2D eigenvalue weighted by molar-refractivity contribution is 7.71. The van der Waals surface area contributed by atoms with Gasteiger partial charge in [0.05, 0.1) is 17.0 Å². The number of aromatic nitrogens is 2. The van der Waals surface area contributed by atoms with E-state index in [0.717, 1.165) is 38.8 Å². The van der Waals surface area contributed by atoms with Crippen LogP contribution in [0.1, 0.15) is 32.9 Å². The van der Waals surface area contributed by atoms with E-state index in [1.54, 1.807) is 6.07 Å². The van der Waals surface area contributed by atoms with Crippen LogP contribution in [0, 0.1) is 13.8 Å². The van der Waals surface area contributed by atoms with Gasteiger partial charge in [-0.25, -0.2) is 8.42 Å². The van der Waals surface area contributed by atoms with Gasteiger partial charge in [-0.3, -0.25) is 4.79 Å². The zero-order valence-electron chi connectivity index (χ0n) is 18.7. The van der Waals surface area contributed by atoms with E-state index in [-0.39, 0.29) is 5.75 Å². The highest BCUT2D eigenvalue weighted by Gasteiger charge is 2.21. The molecule has 8 heteroatoms. The van der Waals surface area contributed by atoms with E-state index >= 15 is 0 Å². The van der Waals surface area contributed by atoms with Crippen molar-refractivity contribution in [1.82, 2.24) is 9.72 Å². The maximum atomic E-state index is 12.7. The summed E-state index contributed by atoms with van der Waals surface area (Å²) in [7, 11) is -2.58. The average molecular weight is 474 g/mol. The minimum absolute atomic E-state index is 0.0697. The minimum Gasteiger partial charge on any atom is -0.366 e. The van der Waals surface area contributed by atoms with Crippen molar-refractivity contribution in [3.8, 4) is 11.1 Å². The minimum atomic E-state index is -2.58. The van der Waals surface area contributed by atoms with Crippen LogP contribution in [0.3, 0.4) is 0 Å². The Bertz CT molecular complexity index is 1620. The van der Waals surface area contributed by atoms with E-state index in [2.05, 4.69) is 9.72 Å². The van der Waals surface area contributed by atoms with Crippen molar-refractivity contribution in [2.24, 2.45) is 5.73 Å². The van der Waals surface area contributed by atoms with Crippen LogP contribution < -0.4 is 5.73 Å². The highest BCUT2D eigenvalue weighted by atomic mass is 32.2. The van der Waals surface area contributed by atoms with E-state index in [0.29, 0.717) is 28.8 Å². The molecule has 5 aromatic rings. The van der Waals surface area contributed by atoms with Crippen LogP contribution in [0.25, 0.3) is 32.9 Å². The van der Waals surface area contributed by atoms with Crippen molar-refractivity contribution < 1.29 is 17.7 Å². The number of hydrogen-bond acceptors (Lipinski definition) is 5. The van der Waals surface area contributed by atoms with Gasteiger partial charge in [0.2, 0.25) is 5.91 Å². The van der Waals surface area contributed by atoms with Crippen molar-refractivity contribution in [1.29, 1.82) is 0 Å². The van der Waals surface area contributed by atoms with Crippen LogP contribution in [0.15, 0.2) is 65.2 Å². The molecule has 1 amide bonds. The Labute approximate surface area is 197 Å². The third-order valence-electron chi connectivity index (χ3n) is 6.11. The maximum Gasteiger partial charge on any atom is 0.249 e. The molecule has 172 valence electrons. The van der Waals surface area contributed by atoms with Crippen molar-refractivity contribution in [3.05, 3.63) is 88.8 Å². The first-order chi connectivity index (χ1) is 16.3. The van der Waals surface area contributed by atoms with Crippen molar-refractivity contribution >= 4 is 38.4 Å². The number of carbonyl (C=O) groups is 1. The quantitative estimate of drug-likeness (QED) is 0.357. The average Bonchev–Trinajstić information content (AvgIpc) is 3.29. The zero-order valence-corrected chi connectivity index (χ0v) is 19.6. The van der Waals surface area contributed by atoms with Gasteiger partial charge in [-0.05, 0) is 54.8 Å². The van der Waals surface area contributed by atoms with Gasteiger partial charge in [-0.1, -0.05) is 41.6 Å². The summed E-state index contributed by atoms with van der Waals surface area (Å²) >= 11 is 0. The molecule has 0 radical (unpaired) electrons. The first kappa shape index (κ1) is 21.9. The van der Waals surface area contributed by atoms with E-state index in [1.807, 2.05) is 68.4 Å². The molecule has 0 bridgehead atoms. The van der Waals surface area contributed by atoms with E-state index < -0.39 is 16.6 Å². The topological polar surface area (TPSA) is 108 Å². The lowest BCUT2D eigenvalue weighted by molar-refractivity contribution is 0.100. The summed E-state index contributed by atoms with van der Waals surface area (Å²) in [5.41, 5.74) is 12.0. The molecular weight excluding hydrogens is 450 g/mol. The van der Waals surface area contributed by atoms with Gasteiger partial charge in [-0.15, -0.1) is 0 Å². The number of aryl methyl sites for hydroxylation is 2. The normalized spacial score (nSPS) is 11.6. The van der Waals surface area contributed by atoms with Gasteiger partial charge in [0.25, 0.3) is 0 Å². The molecule has 0 aliphatic rings. The number of benzene rings is 3. The van der Waals surface area contributed by atoms with Gasteiger partial charge >= 0.3 is 0 Å². The molecule has 0 aliphatic heterocycles. The van der Waals surface area contributed by atoms with Crippen LogP contribution in [-0.4, -0.2) is 24.0 Å². The number of fused-ring (bicyclic) bond motifs is 3. The fraction of sp³-hybridized carbons (Fsp3) is 0.154. The number of primary amides is 1. The Kier molecular flexibility index (Phi) is 5.45. The Morgan fingerprint density at radius 1 is 1.00 bits per heavy atom. The molecule has 7 nitrogen and oxygen atoms in total. The van der Waals surface area contributed by atoms with Crippen molar-refractivity contribution in [3.63, 3.8) is 0 Å². The molecule has 3 aromatic carbocycles. The second-order valence-corrected chi connectivity index (χ2v) is 9.38. The molecule has 2 aromatic heterocycles. The largest absolute Gasteiger partial charge is 0.366 e. The lowest BCUT2D eigenvalue weighted by atomic mass is 9.97. The molecule has 0 aliphatic carbocycles. The molecule has 2 heterocycles. The van der Waals surface area contributed by atoms with Gasteiger partial charge in [-0.2, -0.15) is 0 Å². The second kappa shape index (κ2) is 8.46. The fourth-order valence-electron chi connectivity index (χ4n) is 4.69. The summed E-state index contributed by atoms with van der Waals surface area (Å²) in [5.74, 6) is 0.0249. The van der Waals surface area contributed by atoms with E-state index in [1.165, 1.54) is 0 Å². The number of carbonyl (C=O) groups excluding carboxylic acids is 1. The summed E-state index contributed by atoms with van der Waals surface area (Å²) in [4.78, 5) is 12.7. The summed E-state index contributed by atoms with van der Waals surface area (Å²) in [6, 6.07) is 19.4. The highest BCUT2D eigenvalue weighted by Crippen LogP contribution is 2.38. The molecule has 0 saturated carbocycles. The van der Waals surface area contributed by atoms with Crippen LogP contribution in [0.2, 0.25) is 0 Å². The Morgan fingerprint density at radius 3 is 2.41 bits per heavy atom. The molecular formula is C26H23N3O4S. The molecule has 2 N–H and O–H groups in total. The van der Waals surface area contributed by atoms with Gasteiger partial charge in [0, 0.05) is 34.0 Å². The Balaban J connectivity index is 1.88. The smallest absolute Gasteiger partial charge is 0.249 e. The van der Waals surface area contributed by atoms with Crippen LogP contribution in [0.5, 0.6) is 0 Å². The second-order valence-electron chi connectivity index (χ2n) is 8.40. The Hall–Kier alpha value is -3.91. The molecule has 0 spiro atoms. The maximum absolute atomic E-state index is 12.7. The fourth-order valence-corrected chi connectivity index (χ4v) is 5.18. The van der Waals surface area contributed by atoms with Crippen molar-refractivity contribution in [2.45, 2.75) is 26.1 Å². The molecule has 0 atom stereocenters. The standard InChI is InChI=1S/C26H23N3O4S/c1-15-24(16(2)33-28-15)19-11-21(26(27)30)25-20-10-18(14-34(31)32)8-9-22(20)29(23(25)12-19)13-17-6-4-3-5-7-17/h3-12,34H,13-14H2,1-2H3,(H2,27,30). The van der Waals surface area contributed by atoms with E-state index in [4.69, 9.17) is 10.3 Å². The predicted octanol–water partition coefficient (Wildman–Crippen LogP) is 4.32. The molecule has 0 saturated heterocycles. The van der Waals surface area contributed by atoms with Crippen LogP contribution >= 0.6 is 0 Å². The summed E-state index contributed by atoms with van der Waals surface area (Å²) in [5, 5.41) is 5.56. The molecule has 34 heavy (non-hydrogen) atoms. The molecule has 5 rings (SSSR count). The predicted molar refractivity (Wildman–Crippen MR) is 132 cm³/mol. The van der Waals surface area contributed by atoms with Crippen LogP contribution in [0.4, 0.5) is 0 Å². The number of amides is 1. The summed E-state index contributed by atoms with van der Waals surface area (Å²) < 4.78 is 30.2. The Morgan fingerprint density at radius 2 is 1.76 bits per heavy atom. The van der Waals surface area contributed by atoms with Crippen LogP contribution in [-0.2, 0) is 23.0 Å². The van der Waals surface area contributed by atoms with Gasteiger partial charge < -0.3 is 14.8 Å². The van der Waals surface area contributed by atoms with E-state index in [9.17, 15) is 13.2 Å². The monoisotopic (exact) mass is 473 g/mol. The lowest BCUT2D eigenvalue weighted by Gasteiger charge is -2.10. The number of rotatable bonds is 6. The number of hydrogen-bond donors (Lipinski definition) is 2. The summed E-state index contributed by atoms with van der Waals surface area (Å²) in [6.45, 7) is 4.26. The SMILES string of the molecule is Cc1noc(C)c1-c1cc(C(N)=O)c2c3cc(C[SH](=O)=O)ccc3n(Cc3ccccc3)c2c1. The third-order valence-corrected chi connectivity index (χ3v) is 6.74. The van der Waals surface area contributed by atoms with Crippen molar-refractivity contribution in [2.75, 3.05) is 0 Å². The number of thiol groups is 1. The zero-order chi connectivity index (χ0) is 24.0. The summed E-state index contributed by atoms with van der Waals surface area (Å²) in [6.07, 6.45) is 0. The third kappa shape index (κ3) is 3.76. The first-order valence-corrected chi connectivity index (χ1v) is 12.2. The first-order valence-electron chi connectivity index (χ1n) is 10.8. The lowest BCUT2D eigenvalue weighted by Crippen LogP contribution is -2.12. The number of nitrogens with two attached hydrogens (primary N) is 1.